The van der Waals surface area contributed by atoms with Crippen molar-refractivity contribution in [3.63, 3.8) is 0 Å². The molecule has 0 aliphatic heterocycles. The van der Waals surface area contributed by atoms with Gasteiger partial charge in [0.15, 0.2) is 0 Å². The van der Waals surface area contributed by atoms with E-state index in [4.69, 9.17) is 5.73 Å². The first kappa shape index (κ1) is 14.1. The number of halogens is 1. The molecule has 3 N–H and O–H groups in total. The van der Waals surface area contributed by atoms with Crippen LogP contribution < -0.4 is 5.73 Å². The number of hydrogen-bond donors (Lipinski definition) is 2. The van der Waals surface area contributed by atoms with Crippen molar-refractivity contribution in [2.75, 3.05) is 6.54 Å². The number of aliphatic hydroxyl groups is 1. The monoisotopic (exact) mass is 239 g/mol. The zero-order valence-corrected chi connectivity index (χ0v) is 10.6. The van der Waals surface area contributed by atoms with E-state index in [1.165, 1.54) is 6.07 Å². The van der Waals surface area contributed by atoms with Crippen LogP contribution in [0.25, 0.3) is 0 Å². The van der Waals surface area contributed by atoms with Crippen LogP contribution in [0.3, 0.4) is 0 Å². The molecule has 0 bridgehead atoms. The minimum atomic E-state index is -0.586. The molecule has 0 aliphatic rings. The molecule has 0 aliphatic carbocycles. The van der Waals surface area contributed by atoms with Gasteiger partial charge in [-0.3, -0.25) is 0 Å². The first-order chi connectivity index (χ1) is 8.11. The van der Waals surface area contributed by atoms with Crippen molar-refractivity contribution in [2.45, 2.75) is 38.7 Å². The summed E-state index contributed by atoms with van der Waals surface area (Å²) < 4.78 is 13.7. The molecule has 0 spiro atoms. The highest BCUT2D eigenvalue weighted by Crippen LogP contribution is 2.27. The summed E-state index contributed by atoms with van der Waals surface area (Å²) in [6, 6.07) is 6.54. The number of hydrogen-bond acceptors (Lipinski definition) is 2. The van der Waals surface area contributed by atoms with Gasteiger partial charge in [-0.1, -0.05) is 38.5 Å². The second kappa shape index (κ2) is 6.72. The SMILES string of the molecule is CCCC(C)C(O)C(CN)c1ccccc1F. The molecule has 0 amide bonds. The summed E-state index contributed by atoms with van der Waals surface area (Å²) in [6.07, 6.45) is 1.34. The second-order valence-corrected chi connectivity index (χ2v) is 4.62. The Balaban J connectivity index is 2.88. The van der Waals surface area contributed by atoms with E-state index < -0.39 is 6.10 Å². The lowest BCUT2D eigenvalue weighted by Gasteiger charge is -2.27. The largest absolute Gasteiger partial charge is 0.392 e. The topological polar surface area (TPSA) is 46.2 Å². The van der Waals surface area contributed by atoms with Crippen molar-refractivity contribution < 1.29 is 9.50 Å². The van der Waals surface area contributed by atoms with Gasteiger partial charge in [0.25, 0.3) is 0 Å². The fourth-order valence-corrected chi connectivity index (χ4v) is 2.25. The minimum absolute atomic E-state index is 0.133. The maximum Gasteiger partial charge on any atom is 0.126 e. The summed E-state index contributed by atoms with van der Waals surface area (Å²) in [4.78, 5) is 0. The van der Waals surface area contributed by atoms with Crippen LogP contribution in [0.4, 0.5) is 4.39 Å². The second-order valence-electron chi connectivity index (χ2n) is 4.62. The molecule has 0 aromatic heterocycles. The molecular formula is C14H22FNO. The fraction of sp³-hybridized carbons (Fsp3) is 0.571. The van der Waals surface area contributed by atoms with E-state index in [1.54, 1.807) is 18.2 Å². The molecule has 1 aromatic rings. The first-order valence-corrected chi connectivity index (χ1v) is 6.24. The molecule has 0 fully saturated rings. The Hall–Kier alpha value is -0.930. The van der Waals surface area contributed by atoms with Crippen LogP contribution in [0.15, 0.2) is 24.3 Å². The first-order valence-electron chi connectivity index (χ1n) is 6.24. The molecule has 17 heavy (non-hydrogen) atoms. The van der Waals surface area contributed by atoms with Gasteiger partial charge in [-0.05, 0) is 24.0 Å². The van der Waals surface area contributed by atoms with Crippen LogP contribution in [0, 0.1) is 11.7 Å². The number of nitrogens with two attached hydrogens (primary N) is 1. The third-order valence-electron chi connectivity index (χ3n) is 3.30. The van der Waals surface area contributed by atoms with Gasteiger partial charge in [0.2, 0.25) is 0 Å². The smallest absolute Gasteiger partial charge is 0.126 e. The summed E-state index contributed by atoms with van der Waals surface area (Å²) in [5.74, 6) is -0.475. The van der Waals surface area contributed by atoms with Gasteiger partial charge in [0.1, 0.15) is 5.82 Å². The van der Waals surface area contributed by atoms with Crippen molar-refractivity contribution in [3.05, 3.63) is 35.6 Å². The van der Waals surface area contributed by atoms with E-state index in [-0.39, 0.29) is 24.2 Å². The van der Waals surface area contributed by atoms with E-state index in [9.17, 15) is 9.50 Å². The van der Waals surface area contributed by atoms with E-state index >= 15 is 0 Å². The molecule has 96 valence electrons. The Morgan fingerprint density at radius 3 is 2.53 bits per heavy atom. The zero-order valence-electron chi connectivity index (χ0n) is 10.6. The third kappa shape index (κ3) is 3.51. The normalized spacial score (nSPS) is 16.5. The maximum atomic E-state index is 13.7. The molecule has 1 aromatic carbocycles. The van der Waals surface area contributed by atoms with E-state index in [1.807, 2.05) is 6.92 Å². The van der Waals surface area contributed by atoms with Gasteiger partial charge in [-0.25, -0.2) is 4.39 Å². The Morgan fingerprint density at radius 1 is 1.35 bits per heavy atom. The van der Waals surface area contributed by atoms with Crippen LogP contribution in [-0.4, -0.2) is 17.8 Å². The molecular weight excluding hydrogens is 217 g/mol. The summed E-state index contributed by atoms with van der Waals surface area (Å²) in [7, 11) is 0. The van der Waals surface area contributed by atoms with Gasteiger partial charge in [0, 0.05) is 12.5 Å². The molecule has 2 nitrogen and oxygen atoms in total. The predicted molar refractivity (Wildman–Crippen MR) is 68.3 cm³/mol. The highest BCUT2D eigenvalue weighted by Gasteiger charge is 2.26. The van der Waals surface area contributed by atoms with Crippen LogP contribution in [-0.2, 0) is 0 Å². The Bertz CT molecular complexity index is 343. The quantitative estimate of drug-likeness (QED) is 0.801. The minimum Gasteiger partial charge on any atom is -0.392 e. The number of rotatable bonds is 6. The van der Waals surface area contributed by atoms with Crippen LogP contribution >= 0.6 is 0 Å². The lowest BCUT2D eigenvalue weighted by atomic mass is 9.84. The molecule has 3 atom stereocenters. The van der Waals surface area contributed by atoms with Gasteiger partial charge in [0.05, 0.1) is 6.10 Å². The summed E-state index contributed by atoms with van der Waals surface area (Å²) >= 11 is 0. The standard InChI is InChI=1S/C14H22FNO/c1-3-6-10(2)14(17)12(9-16)11-7-4-5-8-13(11)15/h4-5,7-8,10,12,14,17H,3,6,9,16H2,1-2H3. The van der Waals surface area contributed by atoms with Crippen LogP contribution in [0.1, 0.15) is 38.2 Å². The Labute approximate surface area is 103 Å². The third-order valence-corrected chi connectivity index (χ3v) is 3.30. The van der Waals surface area contributed by atoms with Crippen molar-refractivity contribution in [2.24, 2.45) is 11.7 Å². The molecule has 0 radical (unpaired) electrons. The summed E-state index contributed by atoms with van der Waals surface area (Å²) in [5.41, 5.74) is 6.20. The number of benzene rings is 1. The van der Waals surface area contributed by atoms with Crippen molar-refractivity contribution in [3.8, 4) is 0 Å². The average Bonchev–Trinajstić information content (AvgIpc) is 2.32. The Morgan fingerprint density at radius 2 is 2.00 bits per heavy atom. The zero-order chi connectivity index (χ0) is 12.8. The van der Waals surface area contributed by atoms with Crippen LogP contribution in [0.5, 0.6) is 0 Å². The molecule has 1 rings (SSSR count). The fourth-order valence-electron chi connectivity index (χ4n) is 2.25. The van der Waals surface area contributed by atoms with E-state index in [0.717, 1.165) is 12.8 Å². The molecule has 0 saturated carbocycles. The van der Waals surface area contributed by atoms with Gasteiger partial charge in [-0.2, -0.15) is 0 Å². The van der Waals surface area contributed by atoms with Crippen molar-refractivity contribution in [1.82, 2.24) is 0 Å². The van der Waals surface area contributed by atoms with E-state index in [2.05, 4.69) is 6.92 Å². The predicted octanol–water partition coefficient (Wildman–Crippen LogP) is 2.67. The number of aliphatic hydroxyl groups excluding tert-OH is 1. The van der Waals surface area contributed by atoms with Crippen molar-refractivity contribution >= 4 is 0 Å². The molecule has 3 heteroatoms. The van der Waals surface area contributed by atoms with Gasteiger partial charge >= 0.3 is 0 Å². The Kier molecular flexibility index (Phi) is 5.59. The van der Waals surface area contributed by atoms with Gasteiger partial charge < -0.3 is 10.8 Å². The molecule has 3 unspecified atom stereocenters. The van der Waals surface area contributed by atoms with Crippen molar-refractivity contribution in [1.29, 1.82) is 0 Å². The molecule has 0 saturated heterocycles. The molecule has 0 heterocycles. The highest BCUT2D eigenvalue weighted by atomic mass is 19.1. The van der Waals surface area contributed by atoms with Crippen LogP contribution in [0.2, 0.25) is 0 Å². The lowest BCUT2D eigenvalue weighted by molar-refractivity contribution is 0.0847. The maximum absolute atomic E-state index is 13.7. The van der Waals surface area contributed by atoms with E-state index in [0.29, 0.717) is 5.56 Å². The van der Waals surface area contributed by atoms with Gasteiger partial charge in [-0.15, -0.1) is 0 Å². The lowest BCUT2D eigenvalue weighted by Crippen LogP contribution is -2.31. The highest BCUT2D eigenvalue weighted by molar-refractivity contribution is 5.23. The average molecular weight is 239 g/mol. The summed E-state index contributed by atoms with van der Waals surface area (Å²) in [6.45, 7) is 4.32. The summed E-state index contributed by atoms with van der Waals surface area (Å²) in [5, 5.41) is 10.2.